The largest absolute Gasteiger partial charge is 0.405 e. The number of rotatable bonds is 4. The second-order valence-corrected chi connectivity index (χ2v) is 4.45. The van der Waals surface area contributed by atoms with Crippen LogP contribution in [0, 0.1) is 10.1 Å². The zero-order valence-electron chi connectivity index (χ0n) is 9.85. The Labute approximate surface area is 106 Å². The number of para-hydroxylation sites is 1. The minimum absolute atomic E-state index is 0.0650. The first-order chi connectivity index (χ1) is 8.79. The minimum Gasteiger partial charge on any atom is -0.393 e. The number of hydrogen-bond acceptors (Lipinski definition) is 4. The quantitative estimate of drug-likeness (QED) is 0.521. The molecule has 0 aromatic heterocycles. The maximum Gasteiger partial charge on any atom is 0.405 e. The summed E-state index contributed by atoms with van der Waals surface area (Å²) >= 11 is 0. The van der Waals surface area contributed by atoms with Crippen molar-refractivity contribution in [2.75, 3.05) is 17.2 Å². The lowest BCUT2D eigenvalue weighted by atomic mass is 10.2. The average molecular weight is 275 g/mol. The predicted octanol–water partition coefficient (Wildman–Crippen LogP) is 2.71. The fourth-order valence-electron chi connectivity index (χ4n) is 1.97. The Morgan fingerprint density at radius 2 is 2.05 bits per heavy atom. The van der Waals surface area contributed by atoms with Gasteiger partial charge >= 0.3 is 11.9 Å². The number of alkyl halides is 3. The van der Waals surface area contributed by atoms with Gasteiger partial charge in [0, 0.05) is 6.04 Å². The molecule has 1 aromatic carbocycles. The number of anilines is 2. The maximum atomic E-state index is 12.6. The van der Waals surface area contributed by atoms with Gasteiger partial charge < -0.3 is 10.6 Å². The molecule has 1 aromatic rings. The number of hydrogen-bond donors (Lipinski definition) is 1. The summed E-state index contributed by atoms with van der Waals surface area (Å²) < 4.78 is 37.7. The van der Waals surface area contributed by atoms with Crippen LogP contribution < -0.4 is 10.6 Å². The highest BCUT2D eigenvalue weighted by Crippen LogP contribution is 2.41. The second-order valence-electron chi connectivity index (χ2n) is 4.45. The van der Waals surface area contributed by atoms with Gasteiger partial charge in [0.15, 0.2) is 0 Å². The summed E-state index contributed by atoms with van der Waals surface area (Å²) in [6, 6.07) is 3.73. The van der Waals surface area contributed by atoms with Crippen molar-refractivity contribution in [3.05, 3.63) is 28.3 Å². The van der Waals surface area contributed by atoms with E-state index in [0.29, 0.717) is 12.8 Å². The Balaban J connectivity index is 2.42. The Bertz CT molecular complexity index is 500. The highest BCUT2D eigenvalue weighted by molar-refractivity contribution is 5.76. The van der Waals surface area contributed by atoms with Crippen LogP contribution in [0.4, 0.5) is 30.2 Å². The van der Waals surface area contributed by atoms with Crippen LogP contribution in [0.15, 0.2) is 18.2 Å². The summed E-state index contributed by atoms with van der Waals surface area (Å²) in [6.07, 6.45) is -3.22. The van der Waals surface area contributed by atoms with Crippen LogP contribution in [0.25, 0.3) is 0 Å². The molecular weight excluding hydrogens is 263 g/mol. The molecule has 0 bridgehead atoms. The van der Waals surface area contributed by atoms with Gasteiger partial charge in [-0.25, -0.2) is 0 Å². The number of benzene rings is 1. The molecule has 1 aliphatic carbocycles. The average Bonchev–Trinajstić information content (AvgIpc) is 3.07. The van der Waals surface area contributed by atoms with Crippen molar-refractivity contribution >= 4 is 17.1 Å². The summed E-state index contributed by atoms with van der Waals surface area (Å²) in [7, 11) is 0. The van der Waals surface area contributed by atoms with Crippen molar-refractivity contribution in [3.8, 4) is 0 Å². The highest BCUT2D eigenvalue weighted by Gasteiger charge is 2.40. The lowest BCUT2D eigenvalue weighted by molar-refractivity contribution is -0.383. The topological polar surface area (TPSA) is 72.4 Å². The van der Waals surface area contributed by atoms with Gasteiger partial charge in [0.2, 0.25) is 0 Å². The number of nitro benzene ring substituents is 1. The molecule has 19 heavy (non-hydrogen) atoms. The molecule has 0 saturated heterocycles. The van der Waals surface area contributed by atoms with Crippen molar-refractivity contribution in [1.29, 1.82) is 0 Å². The lowest BCUT2D eigenvalue weighted by Gasteiger charge is -2.25. The number of nitro groups is 1. The summed E-state index contributed by atoms with van der Waals surface area (Å²) in [5.41, 5.74) is 4.84. The van der Waals surface area contributed by atoms with E-state index in [9.17, 15) is 23.3 Å². The molecule has 1 aliphatic rings. The van der Waals surface area contributed by atoms with E-state index in [1.807, 2.05) is 0 Å². The zero-order chi connectivity index (χ0) is 14.2. The van der Waals surface area contributed by atoms with Crippen LogP contribution >= 0.6 is 0 Å². The van der Waals surface area contributed by atoms with Gasteiger partial charge in [-0.2, -0.15) is 13.2 Å². The third-order valence-corrected chi connectivity index (χ3v) is 2.88. The summed E-state index contributed by atoms with van der Waals surface area (Å²) in [6.45, 7) is -1.21. The monoisotopic (exact) mass is 275 g/mol. The molecule has 8 heteroatoms. The van der Waals surface area contributed by atoms with E-state index >= 15 is 0 Å². The Morgan fingerprint density at radius 1 is 1.42 bits per heavy atom. The zero-order valence-corrected chi connectivity index (χ0v) is 9.85. The van der Waals surface area contributed by atoms with E-state index in [1.54, 1.807) is 0 Å². The fraction of sp³-hybridized carbons (Fsp3) is 0.455. The first-order valence-electron chi connectivity index (χ1n) is 5.66. The number of nitrogens with two attached hydrogens (primary N) is 1. The van der Waals surface area contributed by atoms with Crippen LogP contribution in [-0.2, 0) is 0 Å². The molecule has 2 N–H and O–H groups in total. The predicted molar refractivity (Wildman–Crippen MR) is 63.9 cm³/mol. The van der Waals surface area contributed by atoms with Crippen molar-refractivity contribution in [3.63, 3.8) is 0 Å². The van der Waals surface area contributed by atoms with Crippen molar-refractivity contribution < 1.29 is 18.1 Å². The molecular formula is C11H12F3N3O2. The molecule has 0 aliphatic heterocycles. The Kier molecular flexibility index (Phi) is 3.25. The third-order valence-electron chi connectivity index (χ3n) is 2.88. The van der Waals surface area contributed by atoms with Gasteiger partial charge in [-0.15, -0.1) is 0 Å². The SMILES string of the molecule is Nc1cccc(N(CC(F)(F)F)C2CC2)c1[N+](=O)[O-]. The molecule has 0 amide bonds. The smallest absolute Gasteiger partial charge is 0.393 e. The van der Waals surface area contributed by atoms with E-state index in [0.717, 1.165) is 4.90 Å². The molecule has 0 spiro atoms. The molecule has 0 atom stereocenters. The third kappa shape index (κ3) is 3.07. The molecule has 0 heterocycles. The number of nitrogens with zero attached hydrogens (tertiary/aromatic N) is 2. The molecule has 104 valence electrons. The van der Waals surface area contributed by atoms with Crippen molar-refractivity contribution in [2.45, 2.75) is 25.1 Å². The van der Waals surface area contributed by atoms with Crippen LogP contribution in [0.5, 0.6) is 0 Å². The maximum absolute atomic E-state index is 12.6. The lowest BCUT2D eigenvalue weighted by Crippen LogP contribution is -2.36. The summed E-state index contributed by atoms with van der Waals surface area (Å²) in [5, 5.41) is 11.0. The van der Waals surface area contributed by atoms with Gasteiger partial charge in [0.1, 0.15) is 17.9 Å². The van der Waals surface area contributed by atoms with E-state index in [2.05, 4.69) is 0 Å². The van der Waals surface area contributed by atoms with E-state index < -0.39 is 23.3 Å². The van der Waals surface area contributed by atoms with Crippen molar-refractivity contribution in [2.24, 2.45) is 0 Å². The Hall–Kier alpha value is -1.99. The first-order valence-corrected chi connectivity index (χ1v) is 5.66. The van der Waals surface area contributed by atoms with Crippen LogP contribution in [0.1, 0.15) is 12.8 Å². The number of halogens is 3. The van der Waals surface area contributed by atoms with E-state index in [-0.39, 0.29) is 17.4 Å². The van der Waals surface area contributed by atoms with E-state index in [4.69, 9.17) is 5.73 Å². The molecule has 1 fully saturated rings. The van der Waals surface area contributed by atoms with Gasteiger partial charge in [0.25, 0.3) is 0 Å². The summed E-state index contributed by atoms with van der Waals surface area (Å²) in [5.74, 6) is 0. The normalized spacial score (nSPS) is 15.3. The van der Waals surface area contributed by atoms with Crippen molar-refractivity contribution in [1.82, 2.24) is 0 Å². The standard InChI is InChI=1S/C11H12F3N3O2/c12-11(13,14)6-16(7-4-5-7)9-3-1-2-8(15)10(9)17(18)19/h1-3,7H,4-6,15H2. The van der Waals surface area contributed by atoms with Crippen LogP contribution in [-0.4, -0.2) is 23.7 Å². The molecule has 1 saturated carbocycles. The van der Waals surface area contributed by atoms with Gasteiger partial charge in [0.05, 0.1) is 4.92 Å². The summed E-state index contributed by atoms with van der Waals surface area (Å²) in [4.78, 5) is 11.3. The first kappa shape index (κ1) is 13.4. The molecule has 0 radical (unpaired) electrons. The van der Waals surface area contributed by atoms with Gasteiger partial charge in [-0.1, -0.05) is 6.07 Å². The fourth-order valence-corrected chi connectivity index (χ4v) is 1.97. The highest BCUT2D eigenvalue weighted by atomic mass is 19.4. The number of nitrogen functional groups attached to an aromatic ring is 1. The van der Waals surface area contributed by atoms with Gasteiger partial charge in [-0.3, -0.25) is 10.1 Å². The molecule has 0 unspecified atom stereocenters. The van der Waals surface area contributed by atoms with Gasteiger partial charge in [-0.05, 0) is 25.0 Å². The van der Waals surface area contributed by atoms with Crippen LogP contribution in [0.2, 0.25) is 0 Å². The van der Waals surface area contributed by atoms with Crippen LogP contribution in [0.3, 0.4) is 0 Å². The molecule has 5 nitrogen and oxygen atoms in total. The second kappa shape index (κ2) is 4.60. The van der Waals surface area contributed by atoms with E-state index in [1.165, 1.54) is 18.2 Å². The minimum atomic E-state index is -4.42. The Morgan fingerprint density at radius 3 is 2.53 bits per heavy atom. The molecule has 2 rings (SSSR count).